The monoisotopic (exact) mass is 382 g/mol. The van der Waals surface area contributed by atoms with Crippen LogP contribution in [-0.2, 0) is 22.8 Å². The highest BCUT2D eigenvalue weighted by molar-refractivity contribution is 7.90. The third kappa shape index (κ3) is 6.11. The molecule has 2 rings (SSSR count). The number of halogens is 1. The first-order valence-electron chi connectivity index (χ1n) is 7.40. The number of sulfone groups is 1. The Balaban J connectivity index is 1.74. The van der Waals surface area contributed by atoms with Crippen molar-refractivity contribution >= 4 is 38.8 Å². The lowest BCUT2D eigenvalue weighted by Gasteiger charge is -2.11. The highest BCUT2D eigenvalue weighted by Gasteiger charge is 2.06. The van der Waals surface area contributed by atoms with Gasteiger partial charge in [-0.15, -0.1) is 0 Å². The van der Waals surface area contributed by atoms with E-state index in [1.54, 1.807) is 24.3 Å². The molecule has 0 fully saturated rings. The molecule has 0 unspecified atom stereocenters. The Hall–Kier alpha value is -1.63. The molecule has 24 heavy (non-hydrogen) atoms. The van der Waals surface area contributed by atoms with Crippen LogP contribution in [0.5, 0.6) is 0 Å². The van der Waals surface area contributed by atoms with E-state index in [0.717, 1.165) is 23.6 Å². The third-order valence-electron chi connectivity index (χ3n) is 3.42. The Kier molecular flexibility index (Phi) is 6.60. The van der Waals surface area contributed by atoms with Crippen molar-refractivity contribution < 1.29 is 8.42 Å². The summed E-state index contributed by atoms with van der Waals surface area (Å²) in [5.41, 5.74) is 2.15. The highest BCUT2D eigenvalue weighted by atomic mass is 35.5. The van der Waals surface area contributed by atoms with Crippen molar-refractivity contribution in [3.63, 3.8) is 0 Å². The van der Waals surface area contributed by atoms with Crippen LogP contribution in [0, 0.1) is 0 Å². The Morgan fingerprint density at radius 2 is 1.58 bits per heavy atom. The molecule has 0 spiro atoms. The zero-order chi connectivity index (χ0) is 17.6. The zero-order valence-electron chi connectivity index (χ0n) is 13.3. The van der Waals surface area contributed by atoms with Gasteiger partial charge in [0.05, 0.1) is 4.90 Å². The van der Waals surface area contributed by atoms with Crippen molar-refractivity contribution in [3.05, 3.63) is 64.7 Å². The van der Waals surface area contributed by atoms with Gasteiger partial charge in [0.2, 0.25) is 0 Å². The molecular weight excluding hydrogens is 364 g/mol. The van der Waals surface area contributed by atoms with Crippen LogP contribution >= 0.6 is 23.8 Å². The van der Waals surface area contributed by atoms with E-state index in [1.165, 1.54) is 11.8 Å². The standard InChI is InChI=1S/C17H19ClN2O2S2/c1-24(21,22)16-8-4-14(5-9-16)12-20-17(23)19-11-10-13-2-6-15(18)7-3-13/h2-9H,10-12H2,1H3,(H2,19,20,23). The molecule has 0 heterocycles. The van der Waals surface area contributed by atoms with E-state index in [1.807, 2.05) is 24.3 Å². The lowest BCUT2D eigenvalue weighted by atomic mass is 10.1. The molecular formula is C17H19ClN2O2S2. The van der Waals surface area contributed by atoms with Gasteiger partial charge in [0.15, 0.2) is 14.9 Å². The SMILES string of the molecule is CS(=O)(=O)c1ccc(CNC(=S)NCCc2ccc(Cl)cc2)cc1. The molecule has 0 aliphatic heterocycles. The summed E-state index contributed by atoms with van der Waals surface area (Å²) in [6.45, 7) is 1.26. The van der Waals surface area contributed by atoms with Crippen molar-refractivity contribution in [3.8, 4) is 0 Å². The van der Waals surface area contributed by atoms with E-state index in [-0.39, 0.29) is 0 Å². The molecule has 0 bridgehead atoms. The van der Waals surface area contributed by atoms with Crippen LogP contribution in [0.4, 0.5) is 0 Å². The van der Waals surface area contributed by atoms with Crippen LogP contribution in [0.2, 0.25) is 5.02 Å². The van der Waals surface area contributed by atoms with Gasteiger partial charge in [0.1, 0.15) is 0 Å². The summed E-state index contributed by atoms with van der Waals surface area (Å²) >= 11 is 11.1. The van der Waals surface area contributed by atoms with Gasteiger partial charge in [-0.25, -0.2) is 8.42 Å². The van der Waals surface area contributed by atoms with Crippen LogP contribution in [0.15, 0.2) is 53.4 Å². The van der Waals surface area contributed by atoms with Crippen LogP contribution in [0.3, 0.4) is 0 Å². The summed E-state index contributed by atoms with van der Waals surface area (Å²) in [4.78, 5) is 0.315. The molecule has 0 aromatic heterocycles. The molecule has 0 aliphatic carbocycles. The molecule has 0 saturated carbocycles. The summed E-state index contributed by atoms with van der Waals surface area (Å²) in [5.74, 6) is 0. The Labute approximate surface area is 153 Å². The summed E-state index contributed by atoms with van der Waals surface area (Å²) in [6.07, 6.45) is 2.04. The summed E-state index contributed by atoms with van der Waals surface area (Å²) < 4.78 is 22.8. The number of benzene rings is 2. The third-order valence-corrected chi connectivity index (χ3v) is 5.09. The molecule has 2 aromatic rings. The molecule has 2 N–H and O–H groups in total. The fourth-order valence-corrected chi connectivity index (χ4v) is 3.00. The molecule has 0 aliphatic rings. The molecule has 4 nitrogen and oxygen atoms in total. The summed E-state index contributed by atoms with van der Waals surface area (Å²) in [7, 11) is -3.16. The highest BCUT2D eigenvalue weighted by Crippen LogP contribution is 2.10. The van der Waals surface area contributed by atoms with E-state index >= 15 is 0 Å². The van der Waals surface area contributed by atoms with Gasteiger partial charge < -0.3 is 10.6 Å². The molecule has 0 amide bonds. The van der Waals surface area contributed by atoms with Crippen molar-refractivity contribution in [2.75, 3.05) is 12.8 Å². The number of rotatable bonds is 6. The second-order valence-corrected chi connectivity index (χ2v) is 8.26. The quantitative estimate of drug-likeness (QED) is 0.752. The molecule has 0 atom stereocenters. The van der Waals surface area contributed by atoms with Gasteiger partial charge in [-0.05, 0) is 54.0 Å². The van der Waals surface area contributed by atoms with E-state index in [0.29, 0.717) is 16.6 Å². The number of thiocarbonyl (C=S) groups is 1. The lowest BCUT2D eigenvalue weighted by Crippen LogP contribution is -2.35. The van der Waals surface area contributed by atoms with Gasteiger partial charge in [-0.2, -0.15) is 0 Å². The average Bonchev–Trinajstić information content (AvgIpc) is 2.54. The van der Waals surface area contributed by atoms with Gasteiger partial charge in [-0.3, -0.25) is 0 Å². The smallest absolute Gasteiger partial charge is 0.175 e. The van der Waals surface area contributed by atoms with Crippen molar-refractivity contribution in [2.45, 2.75) is 17.9 Å². The molecule has 128 valence electrons. The number of hydrogen-bond acceptors (Lipinski definition) is 3. The zero-order valence-corrected chi connectivity index (χ0v) is 15.6. The fraction of sp³-hybridized carbons (Fsp3) is 0.235. The first-order valence-corrected chi connectivity index (χ1v) is 10.1. The number of nitrogens with one attached hydrogen (secondary N) is 2. The predicted molar refractivity (Wildman–Crippen MR) is 102 cm³/mol. The fourth-order valence-electron chi connectivity index (χ4n) is 2.07. The molecule has 2 aromatic carbocycles. The van der Waals surface area contributed by atoms with Gasteiger partial charge in [0, 0.05) is 24.4 Å². The van der Waals surface area contributed by atoms with E-state index in [9.17, 15) is 8.42 Å². The normalized spacial score (nSPS) is 11.1. The van der Waals surface area contributed by atoms with Crippen molar-refractivity contribution in [1.82, 2.24) is 10.6 Å². The van der Waals surface area contributed by atoms with E-state index < -0.39 is 9.84 Å². The molecule has 0 saturated heterocycles. The molecule has 7 heteroatoms. The Morgan fingerprint density at radius 1 is 1.00 bits per heavy atom. The number of hydrogen-bond donors (Lipinski definition) is 2. The van der Waals surface area contributed by atoms with Crippen LogP contribution in [0.25, 0.3) is 0 Å². The van der Waals surface area contributed by atoms with Crippen LogP contribution in [0.1, 0.15) is 11.1 Å². The Morgan fingerprint density at radius 3 is 2.17 bits per heavy atom. The maximum atomic E-state index is 11.4. The van der Waals surface area contributed by atoms with Gasteiger partial charge in [-0.1, -0.05) is 35.9 Å². The van der Waals surface area contributed by atoms with Crippen LogP contribution in [-0.4, -0.2) is 26.3 Å². The topological polar surface area (TPSA) is 58.2 Å². The Bertz CT molecular complexity index is 788. The first kappa shape index (κ1) is 18.7. The maximum Gasteiger partial charge on any atom is 0.175 e. The summed E-state index contributed by atoms with van der Waals surface area (Å²) in [5, 5.41) is 7.54. The van der Waals surface area contributed by atoms with Crippen LogP contribution < -0.4 is 10.6 Å². The van der Waals surface area contributed by atoms with E-state index in [2.05, 4.69) is 10.6 Å². The predicted octanol–water partition coefficient (Wildman–Crippen LogP) is 2.95. The largest absolute Gasteiger partial charge is 0.362 e. The molecule has 0 radical (unpaired) electrons. The second kappa shape index (κ2) is 8.46. The lowest BCUT2D eigenvalue weighted by molar-refractivity contribution is 0.602. The van der Waals surface area contributed by atoms with E-state index in [4.69, 9.17) is 23.8 Å². The minimum atomic E-state index is -3.16. The summed E-state index contributed by atoms with van der Waals surface area (Å²) in [6, 6.07) is 14.5. The minimum Gasteiger partial charge on any atom is -0.362 e. The minimum absolute atomic E-state index is 0.315. The maximum absolute atomic E-state index is 11.4. The first-order chi connectivity index (χ1) is 11.3. The van der Waals surface area contributed by atoms with Gasteiger partial charge in [0.25, 0.3) is 0 Å². The average molecular weight is 383 g/mol. The van der Waals surface area contributed by atoms with Crippen molar-refractivity contribution in [2.24, 2.45) is 0 Å². The second-order valence-electron chi connectivity index (χ2n) is 5.40. The van der Waals surface area contributed by atoms with Crippen molar-refractivity contribution in [1.29, 1.82) is 0 Å². The van der Waals surface area contributed by atoms with Gasteiger partial charge >= 0.3 is 0 Å².